The maximum Gasteiger partial charge on any atom is 0.197 e. The molecule has 6 N–H and O–H groups in total. The van der Waals surface area contributed by atoms with E-state index < -0.39 is 0 Å². The highest BCUT2D eigenvalue weighted by Crippen LogP contribution is 2.14. The Morgan fingerprint density at radius 2 is 0.962 bits per heavy atom. The van der Waals surface area contributed by atoms with Gasteiger partial charge in [-0.05, 0) is 25.0 Å². The van der Waals surface area contributed by atoms with Crippen LogP contribution >= 0.6 is 0 Å². The minimum Gasteiger partial charge on any atom is -0.382 e. The molecule has 5 nitrogen and oxygen atoms in total. The minimum absolute atomic E-state index is 0.215. The van der Waals surface area contributed by atoms with Crippen LogP contribution < -0.4 is 10.6 Å². The van der Waals surface area contributed by atoms with Crippen LogP contribution in [-0.4, -0.2) is 40.6 Å². The summed E-state index contributed by atoms with van der Waals surface area (Å²) < 4.78 is 7.83. The topological polar surface area (TPSA) is 90.8 Å². The number of likely N-dealkylation sites (N-methyl/N-ethyl adjacent to an activating group) is 2. The SMILES string of the molecule is C[NH2+][C@@H](C)[C@H](O)c1ccccc1.C[NH2+][C@@H](C)[C@H](O)c1ccccc1.O=S. The smallest absolute Gasteiger partial charge is 0.197 e. The fourth-order valence-corrected chi connectivity index (χ4v) is 2.27. The molecule has 0 aromatic heterocycles. The third-order valence-electron chi connectivity index (χ3n) is 4.33. The lowest BCUT2D eigenvalue weighted by Gasteiger charge is -2.15. The standard InChI is InChI=1S/2C10H15NO.OS/c2*1-8(11-2)10(12)9-6-4-3-5-7-9;1-2/h2*3-8,10-12H,1-2H3;/p+2/t2*8-,10-;/m00./s1. The summed E-state index contributed by atoms with van der Waals surface area (Å²) in [6.45, 7) is 4.02. The van der Waals surface area contributed by atoms with Crippen molar-refractivity contribution in [1.29, 1.82) is 0 Å². The van der Waals surface area contributed by atoms with Crippen molar-refractivity contribution in [2.75, 3.05) is 14.1 Å². The fourth-order valence-electron chi connectivity index (χ4n) is 2.27. The Kier molecular flexibility index (Phi) is 13.5. The number of quaternary nitrogens is 2. The van der Waals surface area contributed by atoms with E-state index in [1.807, 2.05) is 99.2 Å². The average molecular weight is 381 g/mol. The molecular formula is C20H32N2O3S+2. The van der Waals surface area contributed by atoms with E-state index >= 15 is 0 Å². The van der Waals surface area contributed by atoms with Crippen LogP contribution in [0.4, 0.5) is 0 Å². The molecule has 0 fully saturated rings. The molecule has 144 valence electrons. The molecule has 0 amide bonds. The Balaban J connectivity index is 0.000000439. The van der Waals surface area contributed by atoms with Crippen molar-refractivity contribution in [3.8, 4) is 0 Å². The zero-order chi connectivity index (χ0) is 19.9. The second-order valence-electron chi connectivity index (χ2n) is 6.10. The number of rotatable bonds is 6. The van der Waals surface area contributed by atoms with Crippen molar-refractivity contribution in [3.63, 3.8) is 0 Å². The Morgan fingerprint density at radius 3 is 1.19 bits per heavy atom. The minimum atomic E-state index is -0.365. The molecule has 0 aliphatic heterocycles. The molecule has 4 atom stereocenters. The highest BCUT2D eigenvalue weighted by Gasteiger charge is 2.17. The van der Waals surface area contributed by atoms with Crippen molar-refractivity contribution in [3.05, 3.63) is 71.8 Å². The molecular weight excluding hydrogens is 348 g/mol. The van der Waals surface area contributed by atoms with E-state index in [2.05, 4.69) is 12.5 Å². The van der Waals surface area contributed by atoms with E-state index in [9.17, 15) is 10.2 Å². The van der Waals surface area contributed by atoms with Gasteiger partial charge in [-0.3, -0.25) is 0 Å². The summed E-state index contributed by atoms with van der Waals surface area (Å²) in [5.74, 6) is 0. The molecule has 0 heterocycles. The summed E-state index contributed by atoms with van der Waals surface area (Å²) >= 11 is 2.83. The Bertz CT molecular complexity index is 520. The average Bonchev–Trinajstić information content (AvgIpc) is 2.74. The van der Waals surface area contributed by atoms with Crippen LogP contribution in [-0.2, 0) is 12.5 Å². The molecule has 0 aliphatic rings. The molecule has 26 heavy (non-hydrogen) atoms. The van der Waals surface area contributed by atoms with Crippen molar-refractivity contribution in [2.45, 2.75) is 38.1 Å². The summed E-state index contributed by atoms with van der Waals surface area (Å²) in [6.07, 6.45) is -0.729. The molecule has 2 aromatic rings. The van der Waals surface area contributed by atoms with Crippen LogP contribution in [0.1, 0.15) is 37.2 Å². The number of aliphatic hydroxyl groups excluding tert-OH is 2. The molecule has 6 heteroatoms. The van der Waals surface area contributed by atoms with E-state index in [0.717, 1.165) is 11.1 Å². The largest absolute Gasteiger partial charge is 0.382 e. The van der Waals surface area contributed by atoms with Crippen molar-refractivity contribution in [1.82, 2.24) is 0 Å². The maximum atomic E-state index is 9.76. The molecule has 2 rings (SSSR count). The maximum absolute atomic E-state index is 9.76. The van der Waals surface area contributed by atoms with Gasteiger partial charge in [0, 0.05) is 0 Å². The number of aliphatic hydroxyl groups is 2. The molecule has 0 radical (unpaired) electrons. The van der Waals surface area contributed by atoms with E-state index in [-0.39, 0.29) is 24.3 Å². The first-order valence-electron chi connectivity index (χ1n) is 8.72. The summed E-state index contributed by atoms with van der Waals surface area (Å²) in [6, 6.07) is 19.9. The van der Waals surface area contributed by atoms with Crippen molar-refractivity contribution in [2.24, 2.45) is 0 Å². The van der Waals surface area contributed by atoms with Crippen LogP contribution in [0.5, 0.6) is 0 Å². The lowest BCUT2D eigenvalue weighted by atomic mass is 10.0. The van der Waals surface area contributed by atoms with Gasteiger partial charge in [-0.2, -0.15) is 4.21 Å². The number of nitrogens with two attached hydrogens (primary N) is 2. The van der Waals surface area contributed by atoms with Gasteiger partial charge < -0.3 is 20.8 Å². The van der Waals surface area contributed by atoms with Gasteiger partial charge in [-0.1, -0.05) is 60.7 Å². The van der Waals surface area contributed by atoms with Crippen molar-refractivity contribution >= 4 is 12.5 Å². The zero-order valence-electron chi connectivity index (χ0n) is 15.9. The van der Waals surface area contributed by atoms with Gasteiger partial charge in [0.1, 0.15) is 24.3 Å². The van der Waals surface area contributed by atoms with Gasteiger partial charge in [0.05, 0.1) is 14.1 Å². The third kappa shape index (κ3) is 8.60. The quantitative estimate of drug-likeness (QED) is 0.579. The van der Waals surface area contributed by atoms with Gasteiger partial charge in [0.25, 0.3) is 0 Å². The third-order valence-corrected chi connectivity index (χ3v) is 4.33. The molecule has 0 saturated heterocycles. The van der Waals surface area contributed by atoms with Gasteiger partial charge in [0.2, 0.25) is 0 Å². The molecule has 0 saturated carbocycles. The summed E-state index contributed by atoms with van der Waals surface area (Å²) in [7, 11) is 3.94. The number of benzene rings is 2. The predicted octanol–water partition coefficient (Wildman–Crippen LogP) is 0.267. The van der Waals surface area contributed by atoms with E-state index in [0.29, 0.717) is 0 Å². The lowest BCUT2D eigenvalue weighted by Crippen LogP contribution is -2.86. The van der Waals surface area contributed by atoms with Gasteiger partial charge >= 0.3 is 0 Å². The summed E-state index contributed by atoms with van der Waals surface area (Å²) in [5.41, 5.74) is 1.98. The molecule has 2 aromatic carbocycles. The Hall–Kier alpha value is -1.70. The van der Waals surface area contributed by atoms with Crippen LogP contribution in [0.3, 0.4) is 0 Å². The summed E-state index contributed by atoms with van der Waals surface area (Å²) in [4.78, 5) is 0. The number of hydrogen-bond donors (Lipinski definition) is 4. The predicted molar refractivity (Wildman–Crippen MR) is 106 cm³/mol. The zero-order valence-corrected chi connectivity index (χ0v) is 16.8. The monoisotopic (exact) mass is 380 g/mol. The van der Waals surface area contributed by atoms with E-state index in [1.54, 1.807) is 0 Å². The molecule has 0 spiro atoms. The van der Waals surface area contributed by atoms with Gasteiger partial charge in [-0.25, -0.2) is 0 Å². The van der Waals surface area contributed by atoms with E-state index in [1.165, 1.54) is 0 Å². The normalized spacial score (nSPS) is 14.5. The second-order valence-corrected chi connectivity index (χ2v) is 6.10. The second kappa shape index (κ2) is 14.5. The summed E-state index contributed by atoms with van der Waals surface area (Å²) in [5, 5.41) is 23.5. The Labute approximate surface area is 162 Å². The van der Waals surface area contributed by atoms with Gasteiger partial charge in [-0.15, -0.1) is 0 Å². The van der Waals surface area contributed by atoms with Crippen LogP contribution in [0.2, 0.25) is 0 Å². The van der Waals surface area contributed by atoms with Crippen molar-refractivity contribution < 1.29 is 25.1 Å². The fraction of sp³-hybridized carbons (Fsp3) is 0.400. The molecule has 0 aliphatic carbocycles. The first kappa shape index (κ1) is 24.3. The van der Waals surface area contributed by atoms with Crippen LogP contribution in [0.15, 0.2) is 60.7 Å². The first-order valence-corrected chi connectivity index (χ1v) is 9.06. The van der Waals surface area contributed by atoms with Crippen LogP contribution in [0, 0.1) is 0 Å². The lowest BCUT2D eigenvalue weighted by molar-refractivity contribution is -0.669. The highest BCUT2D eigenvalue weighted by atomic mass is 32.1. The Morgan fingerprint density at radius 1 is 0.692 bits per heavy atom. The number of hydrogen-bond acceptors (Lipinski definition) is 4. The molecule has 0 unspecified atom stereocenters. The van der Waals surface area contributed by atoms with Crippen LogP contribution in [0.25, 0.3) is 0 Å². The van der Waals surface area contributed by atoms with Gasteiger partial charge in [0.15, 0.2) is 12.5 Å². The molecule has 0 bridgehead atoms. The van der Waals surface area contributed by atoms with E-state index in [4.69, 9.17) is 4.21 Å². The highest BCUT2D eigenvalue weighted by molar-refractivity contribution is 7.44. The first-order chi connectivity index (χ1) is 12.5.